The van der Waals surface area contributed by atoms with E-state index in [-0.39, 0.29) is 12.5 Å². The molecule has 1 aliphatic rings. The van der Waals surface area contributed by atoms with Gasteiger partial charge < -0.3 is 10.1 Å². The summed E-state index contributed by atoms with van der Waals surface area (Å²) in [7, 11) is 0. The second-order valence-electron chi connectivity index (χ2n) is 5.10. The van der Waals surface area contributed by atoms with Gasteiger partial charge in [-0.25, -0.2) is 9.18 Å². The number of ether oxygens (including phenoxy) is 1. The fourth-order valence-electron chi connectivity index (χ4n) is 1.80. The number of hydrogen-bond acceptors (Lipinski definition) is 3. The zero-order valence-corrected chi connectivity index (χ0v) is 9.89. The number of alkyl halides is 1. The summed E-state index contributed by atoms with van der Waals surface area (Å²) < 4.78 is 19.5. The van der Waals surface area contributed by atoms with Gasteiger partial charge in [0.2, 0.25) is 5.67 Å². The van der Waals surface area contributed by atoms with E-state index in [0.29, 0.717) is 13.0 Å². The number of carbonyl (C=O) groups is 1. The molecule has 15 heavy (non-hydrogen) atoms. The lowest BCUT2D eigenvalue weighted by molar-refractivity contribution is -0.171. The van der Waals surface area contributed by atoms with Gasteiger partial charge >= 0.3 is 5.97 Å². The quantitative estimate of drug-likeness (QED) is 0.715. The van der Waals surface area contributed by atoms with Gasteiger partial charge in [0.05, 0.1) is 0 Å². The van der Waals surface area contributed by atoms with Crippen LogP contribution in [0.4, 0.5) is 4.39 Å². The minimum Gasteiger partial charge on any atom is -0.458 e. The van der Waals surface area contributed by atoms with Crippen molar-refractivity contribution < 1.29 is 13.9 Å². The fourth-order valence-corrected chi connectivity index (χ4v) is 1.80. The summed E-state index contributed by atoms with van der Waals surface area (Å²) in [6.07, 6.45) is 0.642. The van der Waals surface area contributed by atoms with E-state index in [1.54, 1.807) is 20.8 Å². The highest BCUT2D eigenvalue weighted by atomic mass is 19.1. The van der Waals surface area contributed by atoms with Crippen LogP contribution in [0, 0.1) is 5.92 Å². The minimum atomic E-state index is -1.85. The van der Waals surface area contributed by atoms with Gasteiger partial charge in [-0.3, -0.25) is 0 Å². The Kier molecular flexibility index (Phi) is 3.38. The molecule has 1 aliphatic heterocycles. The summed E-state index contributed by atoms with van der Waals surface area (Å²) in [6, 6.07) is 0. The topological polar surface area (TPSA) is 38.3 Å². The molecule has 0 bridgehead atoms. The van der Waals surface area contributed by atoms with Crippen LogP contribution in [-0.2, 0) is 9.53 Å². The van der Waals surface area contributed by atoms with Crippen LogP contribution < -0.4 is 5.32 Å². The van der Waals surface area contributed by atoms with Crippen molar-refractivity contribution in [3.8, 4) is 0 Å². The van der Waals surface area contributed by atoms with Gasteiger partial charge in [-0.15, -0.1) is 0 Å². The van der Waals surface area contributed by atoms with Crippen LogP contribution in [0.5, 0.6) is 0 Å². The third kappa shape index (κ3) is 2.68. The molecule has 0 aromatic rings. The molecule has 2 atom stereocenters. The maximum Gasteiger partial charge on any atom is 0.346 e. The number of hydrogen-bond donors (Lipinski definition) is 1. The molecule has 0 amide bonds. The molecule has 1 N–H and O–H groups in total. The first-order chi connectivity index (χ1) is 6.79. The predicted molar refractivity (Wildman–Crippen MR) is 56.3 cm³/mol. The zero-order chi connectivity index (χ0) is 11.7. The van der Waals surface area contributed by atoms with Gasteiger partial charge in [0.15, 0.2) is 0 Å². The van der Waals surface area contributed by atoms with E-state index in [1.165, 1.54) is 0 Å². The molecule has 0 aliphatic carbocycles. The average molecular weight is 217 g/mol. The van der Waals surface area contributed by atoms with Gasteiger partial charge in [0.25, 0.3) is 0 Å². The number of nitrogens with one attached hydrogen (secondary N) is 1. The molecule has 4 heteroatoms. The second-order valence-corrected chi connectivity index (χ2v) is 5.10. The molecule has 0 aromatic carbocycles. The number of halogens is 1. The Bertz CT molecular complexity index is 249. The Morgan fingerprint density at radius 2 is 2.20 bits per heavy atom. The summed E-state index contributed by atoms with van der Waals surface area (Å²) in [4.78, 5) is 11.7. The maximum absolute atomic E-state index is 14.4. The van der Waals surface area contributed by atoms with Crippen LogP contribution >= 0.6 is 0 Å². The zero-order valence-electron chi connectivity index (χ0n) is 9.89. The standard InChI is InChI=1S/C11H20FNO2/c1-5-8-6-13-7-11(8,12)9(14)15-10(2,3)4/h8,13H,5-7H2,1-4H3/t8-,11+/m1/s1. The van der Waals surface area contributed by atoms with Crippen molar-refractivity contribution in [3.05, 3.63) is 0 Å². The van der Waals surface area contributed by atoms with E-state index in [4.69, 9.17) is 4.74 Å². The predicted octanol–water partition coefficient (Wildman–Crippen LogP) is 1.67. The summed E-state index contributed by atoms with van der Waals surface area (Å²) in [5.74, 6) is -1.00. The molecular formula is C11H20FNO2. The highest BCUT2D eigenvalue weighted by molar-refractivity contribution is 5.81. The summed E-state index contributed by atoms with van der Waals surface area (Å²) in [6.45, 7) is 7.75. The summed E-state index contributed by atoms with van der Waals surface area (Å²) in [5.41, 5.74) is -2.47. The highest BCUT2D eigenvalue weighted by Crippen LogP contribution is 2.31. The SMILES string of the molecule is CC[C@@H]1CNC[C@@]1(F)C(=O)OC(C)(C)C. The highest BCUT2D eigenvalue weighted by Gasteiger charge is 2.51. The molecule has 1 fully saturated rings. The monoisotopic (exact) mass is 217 g/mol. The van der Waals surface area contributed by atoms with Crippen molar-refractivity contribution in [1.29, 1.82) is 0 Å². The third-order valence-corrected chi connectivity index (χ3v) is 2.65. The van der Waals surface area contributed by atoms with Gasteiger partial charge in [0, 0.05) is 19.0 Å². The van der Waals surface area contributed by atoms with Crippen molar-refractivity contribution in [2.24, 2.45) is 5.92 Å². The van der Waals surface area contributed by atoms with E-state index in [9.17, 15) is 9.18 Å². The lowest BCUT2D eigenvalue weighted by Crippen LogP contribution is -2.45. The first-order valence-corrected chi connectivity index (χ1v) is 5.42. The lowest BCUT2D eigenvalue weighted by atomic mass is 9.90. The van der Waals surface area contributed by atoms with Gasteiger partial charge in [-0.2, -0.15) is 0 Å². The van der Waals surface area contributed by atoms with Gasteiger partial charge in [-0.1, -0.05) is 6.92 Å². The molecule has 0 radical (unpaired) electrons. The van der Waals surface area contributed by atoms with Crippen molar-refractivity contribution in [2.45, 2.75) is 45.4 Å². The Labute approximate surface area is 90.4 Å². The number of esters is 1. The molecular weight excluding hydrogens is 197 g/mol. The fraction of sp³-hybridized carbons (Fsp3) is 0.909. The average Bonchev–Trinajstić information content (AvgIpc) is 2.45. The van der Waals surface area contributed by atoms with Crippen molar-refractivity contribution in [3.63, 3.8) is 0 Å². The van der Waals surface area contributed by atoms with Gasteiger partial charge in [-0.05, 0) is 27.2 Å². The Morgan fingerprint density at radius 1 is 1.60 bits per heavy atom. The van der Waals surface area contributed by atoms with Gasteiger partial charge in [0.1, 0.15) is 5.60 Å². The van der Waals surface area contributed by atoms with E-state index >= 15 is 0 Å². The third-order valence-electron chi connectivity index (χ3n) is 2.65. The van der Waals surface area contributed by atoms with Crippen molar-refractivity contribution in [2.75, 3.05) is 13.1 Å². The van der Waals surface area contributed by atoms with E-state index in [2.05, 4.69) is 5.32 Å². The number of carbonyl (C=O) groups excluding carboxylic acids is 1. The Hall–Kier alpha value is -0.640. The normalized spacial score (nSPS) is 31.7. The molecule has 1 rings (SSSR count). The van der Waals surface area contributed by atoms with E-state index in [0.717, 1.165) is 0 Å². The molecule has 0 unspecified atom stereocenters. The Morgan fingerprint density at radius 3 is 2.67 bits per heavy atom. The maximum atomic E-state index is 14.4. The number of rotatable bonds is 2. The van der Waals surface area contributed by atoms with Crippen LogP contribution in [-0.4, -0.2) is 30.3 Å². The molecule has 1 saturated heterocycles. The van der Waals surface area contributed by atoms with E-state index in [1.807, 2.05) is 6.92 Å². The molecule has 88 valence electrons. The first kappa shape index (κ1) is 12.4. The lowest BCUT2D eigenvalue weighted by Gasteiger charge is -2.28. The molecule has 3 nitrogen and oxygen atoms in total. The summed E-state index contributed by atoms with van der Waals surface area (Å²) in [5, 5.41) is 2.90. The largest absolute Gasteiger partial charge is 0.458 e. The Balaban J connectivity index is 2.73. The minimum absolute atomic E-state index is 0.0699. The van der Waals surface area contributed by atoms with Crippen molar-refractivity contribution >= 4 is 5.97 Å². The van der Waals surface area contributed by atoms with Crippen LogP contribution in [0.1, 0.15) is 34.1 Å². The molecule has 0 aromatic heterocycles. The van der Waals surface area contributed by atoms with E-state index < -0.39 is 17.2 Å². The molecule has 0 spiro atoms. The van der Waals surface area contributed by atoms with Crippen LogP contribution in [0.25, 0.3) is 0 Å². The second kappa shape index (κ2) is 4.08. The van der Waals surface area contributed by atoms with Crippen molar-refractivity contribution in [1.82, 2.24) is 5.32 Å². The molecule has 0 saturated carbocycles. The van der Waals surface area contributed by atoms with Crippen LogP contribution in [0.2, 0.25) is 0 Å². The first-order valence-electron chi connectivity index (χ1n) is 5.42. The smallest absolute Gasteiger partial charge is 0.346 e. The summed E-state index contributed by atoms with van der Waals surface area (Å²) >= 11 is 0. The molecule has 1 heterocycles. The van der Waals surface area contributed by atoms with Crippen LogP contribution in [0.15, 0.2) is 0 Å². The van der Waals surface area contributed by atoms with Crippen LogP contribution in [0.3, 0.4) is 0 Å².